The van der Waals surface area contributed by atoms with Crippen LogP contribution in [0.5, 0.6) is 0 Å². The van der Waals surface area contributed by atoms with Gasteiger partial charge in [0.15, 0.2) is 5.76 Å². The first-order valence-electron chi connectivity index (χ1n) is 11.4. The van der Waals surface area contributed by atoms with E-state index in [4.69, 9.17) is 9.40 Å². The third-order valence-corrected chi connectivity index (χ3v) is 6.86. The van der Waals surface area contributed by atoms with Crippen LogP contribution in [0.2, 0.25) is 0 Å². The number of nitrogens with zero attached hydrogens (tertiary/aromatic N) is 3. The highest BCUT2D eigenvalue weighted by Crippen LogP contribution is 2.41. The van der Waals surface area contributed by atoms with Crippen molar-refractivity contribution in [1.29, 1.82) is 0 Å². The number of carbonyl (C=O) groups excluding carboxylic acids is 1. The molecule has 34 heavy (non-hydrogen) atoms. The van der Waals surface area contributed by atoms with E-state index in [1.807, 2.05) is 25.1 Å². The zero-order chi connectivity index (χ0) is 23.9. The summed E-state index contributed by atoms with van der Waals surface area (Å²) in [5, 5.41) is 2.90. The Hall–Kier alpha value is -3.20. The number of halogens is 3. The van der Waals surface area contributed by atoms with Crippen molar-refractivity contribution >= 4 is 5.91 Å². The Kier molecular flexibility index (Phi) is 5.89. The molecule has 1 aromatic carbocycles. The van der Waals surface area contributed by atoms with Crippen LogP contribution < -0.4 is 5.32 Å². The van der Waals surface area contributed by atoms with Gasteiger partial charge in [-0.3, -0.25) is 9.69 Å². The monoisotopic (exact) mass is 470 g/mol. The Morgan fingerprint density at radius 2 is 2.00 bits per heavy atom. The molecule has 2 aromatic heterocycles. The third kappa shape index (κ3) is 4.57. The van der Waals surface area contributed by atoms with E-state index in [1.165, 1.54) is 12.1 Å². The van der Waals surface area contributed by atoms with Crippen LogP contribution in [0.15, 0.2) is 53.1 Å². The van der Waals surface area contributed by atoms with Gasteiger partial charge in [0.25, 0.3) is 5.91 Å². The van der Waals surface area contributed by atoms with Gasteiger partial charge < -0.3 is 9.73 Å². The Balaban J connectivity index is 1.23. The first-order valence-corrected chi connectivity index (χ1v) is 11.4. The lowest BCUT2D eigenvalue weighted by molar-refractivity contribution is -0.137. The molecule has 0 aliphatic carbocycles. The molecule has 6 rings (SSSR count). The van der Waals surface area contributed by atoms with E-state index in [9.17, 15) is 18.0 Å². The van der Waals surface area contributed by atoms with Crippen LogP contribution in [0.3, 0.4) is 0 Å². The molecular weight excluding hydrogens is 445 g/mol. The van der Waals surface area contributed by atoms with Gasteiger partial charge in [0.1, 0.15) is 11.5 Å². The summed E-state index contributed by atoms with van der Waals surface area (Å²) in [5.41, 5.74) is 1.26. The summed E-state index contributed by atoms with van der Waals surface area (Å²) in [7, 11) is 0. The molecule has 0 radical (unpaired) electrons. The Bertz CT molecular complexity index is 1160. The lowest BCUT2D eigenvalue weighted by atomic mass is 9.74. The number of hydrogen-bond donors (Lipinski definition) is 1. The molecule has 3 aliphatic heterocycles. The quantitative estimate of drug-likeness (QED) is 0.587. The predicted molar refractivity (Wildman–Crippen MR) is 119 cm³/mol. The van der Waals surface area contributed by atoms with Gasteiger partial charge in [-0.25, -0.2) is 9.97 Å². The maximum atomic E-state index is 12.7. The molecule has 6 nitrogen and oxygen atoms in total. The molecule has 178 valence electrons. The first kappa shape index (κ1) is 22.6. The van der Waals surface area contributed by atoms with E-state index < -0.39 is 11.7 Å². The van der Waals surface area contributed by atoms with Crippen molar-refractivity contribution in [2.45, 2.75) is 37.9 Å². The van der Waals surface area contributed by atoms with Gasteiger partial charge in [-0.2, -0.15) is 13.2 Å². The second-order valence-electron chi connectivity index (χ2n) is 9.03. The average molecular weight is 470 g/mol. The van der Waals surface area contributed by atoms with Crippen molar-refractivity contribution in [1.82, 2.24) is 20.2 Å². The number of benzene rings is 1. The SMILES string of the molecule is Cc1nc(-c2ccco2)cc([C@@H]2CN3CC[C@H]2C[C@@H]3CNC(=O)c2ccc(C(F)(F)F)cc2)n1. The number of amides is 1. The van der Waals surface area contributed by atoms with E-state index in [0.717, 1.165) is 55.2 Å². The molecule has 1 N–H and O–H groups in total. The van der Waals surface area contributed by atoms with E-state index in [2.05, 4.69) is 15.2 Å². The van der Waals surface area contributed by atoms with Crippen molar-refractivity contribution in [3.05, 3.63) is 71.4 Å². The van der Waals surface area contributed by atoms with Crippen molar-refractivity contribution in [3.8, 4) is 11.5 Å². The summed E-state index contributed by atoms with van der Waals surface area (Å²) in [6.07, 6.45) is -0.796. The van der Waals surface area contributed by atoms with Crippen molar-refractivity contribution in [2.24, 2.45) is 5.92 Å². The molecule has 1 amide bonds. The molecule has 9 heteroatoms. The summed E-state index contributed by atoms with van der Waals surface area (Å²) in [4.78, 5) is 24.1. The lowest BCUT2D eigenvalue weighted by Crippen LogP contribution is -2.56. The number of carbonyl (C=O) groups is 1. The highest BCUT2D eigenvalue weighted by atomic mass is 19.4. The van der Waals surface area contributed by atoms with Gasteiger partial charge >= 0.3 is 6.18 Å². The summed E-state index contributed by atoms with van der Waals surface area (Å²) in [5.74, 6) is 1.79. The zero-order valence-corrected chi connectivity index (χ0v) is 18.7. The molecule has 3 aliphatic rings. The van der Waals surface area contributed by atoms with Crippen LogP contribution >= 0.6 is 0 Å². The minimum absolute atomic E-state index is 0.195. The molecule has 0 saturated carbocycles. The molecule has 4 atom stereocenters. The number of nitrogens with one attached hydrogen (secondary N) is 1. The van der Waals surface area contributed by atoms with E-state index in [-0.39, 0.29) is 23.4 Å². The molecule has 0 spiro atoms. The summed E-state index contributed by atoms with van der Waals surface area (Å²) < 4.78 is 43.8. The van der Waals surface area contributed by atoms with Crippen molar-refractivity contribution < 1.29 is 22.4 Å². The minimum atomic E-state index is -4.42. The second kappa shape index (κ2) is 8.87. The molecule has 2 bridgehead atoms. The molecule has 3 fully saturated rings. The fourth-order valence-corrected chi connectivity index (χ4v) is 5.14. The van der Waals surface area contributed by atoms with Crippen LogP contribution in [-0.2, 0) is 6.18 Å². The molecule has 3 saturated heterocycles. The van der Waals surface area contributed by atoms with Crippen LogP contribution in [0, 0.1) is 12.8 Å². The highest BCUT2D eigenvalue weighted by molar-refractivity contribution is 5.94. The Morgan fingerprint density at radius 1 is 1.21 bits per heavy atom. The number of alkyl halides is 3. The van der Waals surface area contributed by atoms with E-state index >= 15 is 0 Å². The van der Waals surface area contributed by atoms with Crippen molar-refractivity contribution in [2.75, 3.05) is 19.6 Å². The largest absolute Gasteiger partial charge is 0.463 e. The third-order valence-electron chi connectivity index (χ3n) is 6.86. The van der Waals surface area contributed by atoms with Gasteiger partial charge in [0, 0.05) is 36.3 Å². The topological polar surface area (TPSA) is 71.3 Å². The van der Waals surface area contributed by atoms with Crippen LogP contribution in [0.1, 0.15) is 46.2 Å². The number of fused-ring (bicyclic) bond motifs is 3. The van der Waals surface area contributed by atoms with E-state index in [1.54, 1.807) is 6.26 Å². The molecule has 1 unspecified atom stereocenters. The van der Waals surface area contributed by atoms with Gasteiger partial charge in [-0.05, 0) is 74.7 Å². The standard InChI is InChI=1S/C25H25F3N4O2/c1-15-30-21(12-22(31-15)23-3-2-10-34-23)20-14-32-9-8-17(20)11-19(32)13-29-24(33)16-4-6-18(7-5-16)25(26,27)28/h2-7,10,12,17,19-20H,8-9,11,13-14H2,1H3,(H,29,33)/t17-,19+,20+/m0/s1. The highest BCUT2D eigenvalue weighted by Gasteiger charge is 2.41. The zero-order valence-electron chi connectivity index (χ0n) is 18.7. The number of aromatic nitrogens is 2. The maximum Gasteiger partial charge on any atom is 0.416 e. The Labute approximate surface area is 195 Å². The Morgan fingerprint density at radius 3 is 2.65 bits per heavy atom. The average Bonchev–Trinajstić information content (AvgIpc) is 3.37. The van der Waals surface area contributed by atoms with E-state index in [0.29, 0.717) is 18.3 Å². The van der Waals surface area contributed by atoms with Gasteiger partial charge in [0.05, 0.1) is 11.8 Å². The summed E-state index contributed by atoms with van der Waals surface area (Å²) in [6.45, 7) is 4.15. The fourth-order valence-electron chi connectivity index (χ4n) is 5.14. The number of aryl methyl sites for hydroxylation is 1. The van der Waals surface area contributed by atoms with Crippen molar-refractivity contribution in [3.63, 3.8) is 0 Å². The van der Waals surface area contributed by atoms with Crippen LogP contribution in [0.25, 0.3) is 11.5 Å². The maximum absolute atomic E-state index is 12.7. The summed E-state index contributed by atoms with van der Waals surface area (Å²) in [6, 6.07) is 10.2. The second-order valence-corrected chi connectivity index (χ2v) is 9.03. The van der Waals surface area contributed by atoms with Crippen LogP contribution in [-0.4, -0.2) is 46.5 Å². The first-order chi connectivity index (χ1) is 16.3. The van der Waals surface area contributed by atoms with Gasteiger partial charge in [-0.15, -0.1) is 0 Å². The summed E-state index contributed by atoms with van der Waals surface area (Å²) >= 11 is 0. The van der Waals surface area contributed by atoms with Gasteiger partial charge in [-0.1, -0.05) is 0 Å². The smallest absolute Gasteiger partial charge is 0.416 e. The predicted octanol–water partition coefficient (Wildman–Crippen LogP) is 4.67. The van der Waals surface area contributed by atoms with Gasteiger partial charge in [0.2, 0.25) is 0 Å². The van der Waals surface area contributed by atoms with Crippen LogP contribution in [0.4, 0.5) is 13.2 Å². The fraction of sp³-hybridized carbons (Fsp3) is 0.400. The minimum Gasteiger partial charge on any atom is -0.463 e. The number of hydrogen-bond acceptors (Lipinski definition) is 5. The number of rotatable bonds is 5. The number of furan rings is 1. The molecule has 3 aromatic rings. The molecule has 5 heterocycles. The normalized spacial score (nSPS) is 24.2. The molecular formula is C25H25F3N4O2. The number of piperidine rings is 3. The lowest BCUT2D eigenvalue weighted by Gasteiger charge is -2.49.